The van der Waals surface area contributed by atoms with Crippen molar-refractivity contribution in [3.8, 4) is 11.1 Å². The molecular formula is C32H39ClN2O5. The van der Waals surface area contributed by atoms with Gasteiger partial charge in [-0.15, -0.1) is 0 Å². The highest BCUT2D eigenvalue weighted by Gasteiger charge is 2.45. The molecule has 2 aliphatic rings. The Morgan fingerprint density at radius 3 is 2.67 bits per heavy atom. The summed E-state index contributed by atoms with van der Waals surface area (Å²) in [6.45, 7) is 1.57. The lowest BCUT2D eigenvalue weighted by Crippen LogP contribution is -2.55. The number of aliphatic hydroxyl groups excluding tert-OH is 1. The zero-order chi connectivity index (χ0) is 28.3. The monoisotopic (exact) mass is 566 g/mol. The normalized spacial score (nSPS) is 24.8. The number of hydrogen-bond acceptors (Lipinski definition) is 6. The SMILES string of the molecule is COCCCC[C@@](O)(c1cccc(Cl)c1-c1ccc2ccccc2c1)[C@H]1CN(C(=O)[C@H]2C[C@@H](N)[C@@H](O)C2)CCO1. The van der Waals surface area contributed by atoms with E-state index in [4.69, 9.17) is 26.8 Å². The van der Waals surface area contributed by atoms with Crippen LogP contribution in [0.4, 0.5) is 0 Å². The van der Waals surface area contributed by atoms with Gasteiger partial charge in [0.05, 0.1) is 19.3 Å². The van der Waals surface area contributed by atoms with Crippen LogP contribution in [0, 0.1) is 5.92 Å². The molecule has 0 aromatic heterocycles. The van der Waals surface area contributed by atoms with Gasteiger partial charge in [-0.3, -0.25) is 4.79 Å². The fourth-order valence-corrected chi connectivity index (χ4v) is 6.56. The third-order valence-electron chi connectivity index (χ3n) is 8.51. The third-order valence-corrected chi connectivity index (χ3v) is 8.83. The van der Waals surface area contributed by atoms with E-state index in [-0.39, 0.29) is 24.4 Å². The Labute approximate surface area is 240 Å². The Hall–Kier alpha value is -2.52. The topological polar surface area (TPSA) is 105 Å². The fourth-order valence-electron chi connectivity index (χ4n) is 6.28. The van der Waals surface area contributed by atoms with Gasteiger partial charge < -0.3 is 30.3 Å². The number of halogens is 1. The van der Waals surface area contributed by atoms with Crippen LogP contribution in [0.25, 0.3) is 21.9 Å². The van der Waals surface area contributed by atoms with Gasteiger partial charge in [0, 0.05) is 42.8 Å². The van der Waals surface area contributed by atoms with Crippen molar-refractivity contribution in [2.24, 2.45) is 11.7 Å². The molecule has 40 heavy (non-hydrogen) atoms. The van der Waals surface area contributed by atoms with Gasteiger partial charge in [-0.2, -0.15) is 0 Å². The molecule has 1 heterocycles. The predicted molar refractivity (Wildman–Crippen MR) is 157 cm³/mol. The first-order valence-corrected chi connectivity index (χ1v) is 14.5. The molecule has 5 rings (SSSR count). The number of unbranched alkanes of at least 4 members (excludes halogenated alkanes) is 1. The van der Waals surface area contributed by atoms with Gasteiger partial charge in [0.15, 0.2) is 0 Å². The van der Waals surface area contributed by atoms with Crippen molar-refractivity contribution in [1.82, 2.24) is 4.90 Å². The van der Waals surface area contributed by atoms with E-state index >= 15 is 0 Å². The highest BCUT2D eigenvalue weighted by Crippen LogP contribution is 2.43. The molecule has 1 aliphatic carbocycles. The first-order valence-electron chi connectivity index (χ1n) is 14.2. The summed E-state index contributed by atoms with van der Waals surface area (Å²) in [4.78, 5) is 15.2. The Bertz CT molecular complexity index is 1330. The molecule has 4 N–H and O–H groups in total. The van der Waals surface area contributed by atoms with Crippen LogP contribution in [0.2, 0.25) is 5.02 Å². The van der Waals surface area contributed by atoms with Crippen molar-refractivity contribution in [1.29, 1.82) is 0 Å². The number of methoxy groups -OCH3 is 1. The van der Waals surface area contributed by atoms with E-state index in [1.54, 1.807) is 12.0 Å². The van der Waals surface area contributed by atoms with E-state index < -0.39 is 17.8 Å². The Kier molecular flexibility index (Phi) is 9.10. The van der Waals surface area contributed by atoms with Crippen LogP contribution in [0.1, 0.15) is 37.7 Å². The van der Waals surface area contributed by atoms with Crippen LogP contribution in [-0.4, -0.2) is 72.7 Å². The van der Waals surface area contributed by atoms with Gasteiger partial charge in [-0.05, 0) is 66.1 Å². The second-order valence-corrected chi connectivity index (χ2v) is 11.5. The number of aliphatic hydroxyl groups is 2. The van der Waals surface area contributed by atoms with E-state index in [1.165, 1.54) is 0 Å². The summed E-state index contributed by atoms with van der Waals surface area (Å²) in [6.07, 6.45) is 1.39. The number of rotatable bonds is 9. The molecule has 2 fully saturated rings. The quantitative estimate of drug-likeness (QED) is 0.330. The maximum absolute atomic E-state index is 13.5. The summed E-state index contributed by atoms with van der Waals surface area (Å²) < 4.78 is 11.5. The van der Waals surface area contributed by atoms with E-state index in [0.29, 0.717) is 56.0 Å². The van der Waals surface area contributed by atoms with E-state index in [1.807, 2.05) is 36.4 Å². The van der Waals surface area contributed by atoms with Gasteiger partial charge in [0.25, 0.3) is 0 Å². The summed E-state index contributed by atoms with van der Waals surface area (Å²) >= 11 is 6.86. The molecule has 1 amide bonds. The van der Waals surface area contributed by atoms with Crippen LogP contribution in [0.3, 0.4) is 0 Å². The molecule has 8 heteroatoms. The zero-order valence-corrected chi connectivity index (χ0v) is 23.7. The number of amides is 1. The summed E-state index contributed by atoms with van der Waals surface area (Å²) in [5, 5.41) is 25.5. The number of carbonyl (C=O) groups excluding carboxylic acids is 1. The molecule has 0 bridgehead atoms. The van der Waals surface area contributed by atoms with Crippen LogP contribution in [0.15, 0.2) is 60.7 Å². The smallest absolute Gasteiger partial charge is 0.226 e. The highest BCUT2D eigenvalue weighted by atomic mass is 35.5. The number of nitrogens with two attached hydrogens (primary N) is 1. The maximum Gasteiger partial charge on any atom is 0.226 e. The summed E-state index contributed by atoms with van der Waals surface area (Å²) in [7, 11) is 1.67. The molecule has 3 aromatic carbocycles. The molecule has 0 unspecified atom stereocenters. The predicted octanol–water partition coefficient (Wildman–Crippen LogP) is 4.49. The Morgan fingerprint density at radius 2 is 1.93 bits per heavy atom. The molecule has 5 atom stereocenters. The average molecular weight is 567 g/mol. The van der Waals surface area contributed by atoms with Crippen molar-refractivity contribution >= 4 is 28.3 Å². The number of ether oxygens (including phenoxy) is 2. The van der Waals surface area contributed by atoms with Crippen molar-refractivity contribution in [3.05, 3.63) is 71.2 Å². The largest absolute Gasteiger partial charge is 0.391 e. The first kappa shape index (κ1) is 29.0. The number of nitrogens with zero attached hydrogens (tertiary/aromatic N) is 1. The minimum atomic E-state index is -1.41. The number of fused-ring (bicyclic) bond motifs is 1. The lowest BCUT2D eigenvalue weighted by Gasteiger charge is -2.44. The second-order valence-electron chi connectivity index (χ2n) is 11.1. The second kappa shape index (κ2) is 12.6. The van der Waals surface area contributed by atoms with Crippen LogP contribution >= 0.6 is 11.6 Å². The van der Waals surface area contributed by atoms with Gasteiger partial charge >= 0.3 is 0 Å². The van der Waals surface area contributed by atoms with Gasteiger partial charge in [0.1, 0.15) is 11.7 Å². The van der Waals surface area contributed by atoms with Crippen LogP contribution in [0.5, 0.6) is 0 Å². The summed E-state index contributed by atoms with van der Waals surface area (Å²) in [5.74, 6) is -0.360. The number of benzene rings is 3. The average Bonchev–Trinajstić information content (AvgIpc) is 3.32. The number of hydrogen-bond donors (Lipinski definition) is 3. The number of morpholine rings is 1. The first-order chi connectivity index (χ1) is 19.3. The molecule has 3 aromatic rings. The van der Waals surface area contributed by atoms with Gasteiger partial charge in [0.2, 0.25) is 5.91 Å². The van der Waals surface area contributed by atoms with E-state index in [0.717, 1.165) is 28.3 Å². The van der Waals surface area contributed by atoms with Gasteiger partial charge in [-0.25, -0.2) is 0 Å². The summed E-state index contributed by atoms with van der Waals surface area (Å²) in [5.41, 5.74) is 6.95. The lowest BCUT2D eigenvalue weighted by atomic mass is 9.78. The highest BCUT2D eigenvalue weighted by molar-refractivity contribution is 6.33. The fraction of sp³-hybridized carbons (Fsp3) is 0.469. The molecule has 1 saturated heterocycles. The van der Waals surface area contributed by atoms with Crippen molar-refractivity contribution in [2.45, 2.75) is 56.0 Å². The minimum Gasteiger partial charge on any atom is -0.391 e. The van der Waals surface area contributed by atoms with Crippen molar-refractivity contribution in [2.75, 3.05) is 33.4 Å². The lowest BCUT2D eigenvalue weighted by molar-refractivity contribution is -0.167. The molecule has 214 valence electrons. The van der Waals surface area contributed by atoms with Crippen LogP contribution in [-0.2, 0) is 19.9 Å². The molecule has 0 spiro atoms. The van der Waals surface area contributed by atoms with E-state index in [9.17, 15) is 15.0 Å². The Balaban J connectivity index is 1.51. The number of carbonyl (C=O) groups is 1. The van der Waals surface area contributed by atoms with Crippen molar-refractivity contribution in [3.63, 3.8) is 0 Å². The molecular weight excluding hydrogens is 528 g/mol. The van der Waals surface area contributed by atoms with E-state index in [2.05, 4.69) is 24.3 Å². The maximum atomic E-state index is 13.5. The molecule has 1 saturated carbocycles. The van der Waals surface area contributed by atoms with Gasteiger partial charge in [-0.1, -0.05) is 60.1 Å². The standard InChI is InChI=1S/C32H39ClN2O5/c1-39-15-5-4-13-32(38,29-20-35(14-16-40-29)31(37)24-18-27(34)28(36)19-24)25-9-6-10-26(33)30(25)23-12-11-21-7-2-3-8-22(21)17-23/h2-3,6-12,17,24,27-29,36,38H,4-5,13-16,18-20,34H2,1H3/t24-,27+,28-,29+,32+/m0/s1. The molecule has 1 aliphatic heterocycles. The third kappa shape index (κ3) is 5.91. The molecule has 7 nitrogen and oxygen atoms in total. The minimum absolute atomic E-state index is 0.0390. The van der Waals surface area contributed by atoms with Crippen LogP contribution < -0.4 is 5.73 Å². The summed E-state index contributed by atoms with van der Waals surface area (Å²) in [6, 6.07) is 19.6. The van der Waals surface area contributed by atoms with Crippen molar-refractivity contribution < 1.29 is 24.5 Å². The Morgan fingerprint density at radius 1 is 1.12 bits per heavy atom. The molecule has 0 radical (unpaired) electrons. The zero-order valence-electron chi connectivity index (χ0n) is 23.0.